The molecule has 2 aromatic rings. The molecule has 0 saturated carbocycles. The van der Waals surface area contributed by atoms with Gasteiger partial charge in [0.25, 0.3) is 5.91 Å². The van der Waals surface area contributed by atoms with Gasteiger partial charge in [0.2, 0.25) is 0 Å². The van der Waals surface area contributed by atoms with Crippen molar-refractivity contribution in [3.05, 3.63) is 57.0 Å². The lowest BCUT2D eigenvalue weighted by Gasteiger charge is -2.10. The minimum absolute atomic E-state index is 0.106. The van der Waals surface area contributed by atoms with Crippen molar-refractivity contribution < 1.29 is 14.6 Å². The van der Waals surface area contributed by atoms with Crippen LogP contribution in [0.3, 0.4) is 0 Å². The van der Waals surface area contributed by atoms with Crippen molar-refractivity contribution in [2.45, 2.75) is 26.2 Å². The molecule has 1 atom stereocenters. The maximum absolute atomic E-state index is 11.8. The van der Waals surface area contributed by atoms with E-state index in [1.807, 2.05) is 24.3 Å². The van der Waals surface area contributed by atoms with E-state index >= 15 is 0 Å². The van der Waals surface area contributed by atoms with Gasteiger partial charge in [-0.2, -0.15) is 5.10 Å². The van der Waals surface area contributed by atoms with Crippen molar-refractivity contribution in [1.29, 1.82) is 0 Å². The number of amides is 1. The van der Waals surface area contributed by atoms with Crippen LogP contribution in [-0.2, 0) is 4.79 Å². The first-order valence-corrected chi connectivity index (χ1v) is 9.30. The largest absolute Gasteiger partial charge is 0.506 e. The lowest BCUT2D eigenvalue weighted by Crippen LogP contribution is -2.24. The van der Waals surface area contributed by atoms with Crippen molar-refractivity contribution >= 4 is 39.7 Å². The van der Waals surface area contributed by atoms with E-state index < -0.39 is 5.91 Å². The van der Waals surface area contributed by atoms with Crippen molar-refractivity contribution in [1.82, 2.24) is 5.43 Å². The summed E-state index contributed by atoms with van der Waals surface area (Å²) in [6.45, 7) is 4.14. The van der Waals surface area contributed by atoms with Gasteiger partial charge >= 0.3 is 0 Å². The number of carbonyl (C=O) groups excluding carboxylic acids is 1. The maximum Gasteiger partial charge on any atom is 0.277 e. The first kappa shape index (κ1) is 20.3. The fourth-order valence-corrected chi connectivity index (χ4v) is 3.00. The van der Waals surface area contributed by atoms with Crippen LogP contribution >= 0.6 is 27.5 Å². The molecule has 0 fully saturated rings. The Balaban J connectivity index is 1.86. The summed E-state index contributed by atoms with van der Waals surface area (Å²) in [5.74, 6) is 0.593. The average molecular weight is 440 g/mol. The normalized spacial score (nSPS) is 12.2. The number of nitrogens with one attached hydrogen (secondary N) is 1. The van der Waals surface area contributed by atoms with E-state index in [2.05, 4.69) is 40.3 Å². The summed E-state index contributed by atoms with van der Waals surface area (Å²) in [5.41, 5.74) is 3.96. The SMILES string of the molecule is CCC(C)c1ccc(OCC(=O)NN=Cc2cc(Br)cc(Cl)c2O)cc1. The number of hydrogen-bond acceptors (Lipinski definition) is 4. The Morgan fingerprint density at radius 2 is 2.08 bits per heavy atom. The molecule has 0 bridgehead atoms. The Morgan fingerprint density at radius 1 is 1.38 bits per heavy atom. The molecule has 2 aromatic carbocycles. The molecule has 0 heterocycles. The van der Waals surface area contributed by atoms with Gasteiger partial charge in [0.1, 0.15) is 11.5 Å². The number of hydrogen-bond donors (Lipinski definition) is 2. The van der Waals surface area contributed by atoms with Crippen molar-refractivity contribution in [2.75, 3.05) is 6.61 Å². The standard InChI is InChI=1S/C19H20BrClN2O3/c1-3-12(2)13-4-6-16(7-5-13)26-11-18(24)23-22-10-14-8-15(20)9-17(21)19(14)25/h4-10,12,25H,3,11H2,1-2H3,(H,23,24). The molecule has 0 aromatic heterocycles. The Labute approximate surface area is 166 Å². The predicted octanol–water partition coefficient (Wildman–Crippen LogP) is 4.85. The van der Waals surface area contributed by atoms with Crippen LogP contribution in [0.25, 0.3) is 0 Å². The highest BCUT2D eigenvalue weighted by atomic mass is 79.9. The molecule has 5 nitrogen and oxygen atoms in total. The molecule has 138 valence electrons. The molecular formula is C19H20BrClN2O3. The van der Waals surface area contributed by atoms with Crippen molar-refractivity contribution in [3.63, 3.8) is 0 Å². The smallest absolute Gasteiger partial charge is 0.277 e. The lowest BCUT2D eigenvalue weighted by atomic mass is 9.99. The van der Waals surface area contributed by atoms with Crippen LogP contribution < -0.4 is 10.2 Å². The highest BCUT2D eigenvalue weighted by Gasteiger charge is 2.07. The molecular weight excluding hydrogens is 420 g/mol. The number of benzene rings is 2. The number of ether oxygens (including phenoxy) is 1. The van der Waals surface area contributed by atoms with E-state index in [9.17, 15) is 9.90 Å². The minimum Gasteiger partial charge on any atom is -0.506 e. The Morgan fingerprint density at radius 3 is 2.73 bits per heavy atom. The molecule has 0 aliphatic heterocycles. The predicted molar refractivity (Wildman–Crippen MR) is 107 cm³/mol. The molecule has 0 aliphatic rings. The van der Waals surface area contributed by atoms with Crippen LogP contribution in [0.2, 0.25) is 5.02 Å². The molecule has 1 unspecified atom stereocenters. The van der Waals surface area contributed by atoms with E-state index in [0.29, 0.717) is 21.7 Å². The summed E-state index contributed by atoms with van der Waals surface area (Å²) in [6.07, 6.45) is 2.38. The summed E-state index contributed by atoms with van der Waals surface area (Å²) >= 11 is 9.14. The fourth-order valence-electron chi connectivity index (χ4n) is 2.17. The third-order valence-electron chi connectivity index (χ3n) is 3.88. The van der Waals surface area contributed by atoms with Crippen LogP contribution in [0.5, 0.6) is 11.5 Å². The van der Waals surface area contributed by atoms with Gasteiger partial charge in [-0.1, -0.05) is 53.5 Å². The van der Waals surface area contributed by atoms with Crippen LogP contribution in [0, 0.1) is 0 Å². The maximum atomic E-state index is 11.8. The summed E-state index contributed by atoms with van der Waals surface area (Å²) < 4.78 is 6.13. The Hall–Kier alpha value is -2.05. The highest BCUT2D eigenvalue weighted by molar-refractivity contribution is 9.10. The van der Waals surface area contributed by atoms with Gasteiger partial charge in [0, 0.05) is 10.0 Å². The quantitative estimate of drug-likeness (QED) is 0.478. The van der Waals surface area contributed by atoms with E-state index in [4.69, 9.17) is 16.3 Å². The first-order chi connectivity index (χ1) is 12.4. The van der Waals surface area contributed by atoms with Crippen molar-refractivity contribution in [3.8, 4) is 11.5 Å². The number of aromatic hydroxyl groups is 1. The number of phenols is 1. The number of hydrazone groups is 1. The van der Waals surface area contributed by atoms with Gasteiger partial charge in [0.15, 0.2) is 6.61 Å². The monoisotopic (exact) mass is 438 g/mol. The second kappa shape index (κ2) is 9.59. The number of halogens is 2. The number of nitrogens with zero attached hydrogens (tertiary/aromatic N) is 1. The van der Waals surface area contributed by atoms with Gasteiger partial charge in [-0.25, -0.2) is 5.43 Å². The first-order valence-electron chi connectivity index (χ1n) is 8.13. The highest BCUT2D eigenvalue weighted by Crippen LogP contribution is 2.30. The van der Waals surface area contributed by atoms with E-state index in [1.54, 1.807) is 12.1 Å². The third-order valence-corrected chi connectivity index (χ3v) is 4.63. The zero-order chi connectivity index (χ0) is 19.1. The zero-order valence-corrected chi connectivity index (χ0v) is 16.8. The second-order valence-corrected chi connectivity index (χ2v) is 7.11. The molecule has 1 amide bonds. The van der Waals surface area contributed by atoms with Gasteiger partial charge in [-0.05, 0) is 42.2 Å². The summed E-state index contributed by atoms with van der Waals surface area (Å²) in [4.78, 5) is 11.8. The Bertz CT molecular complexity index is 794. The Kier molecular flexibility index (Phi) is 7.48. The summed E-state index contributed by atoms with van der Waals surface area (Å²) in [6, 6.07) is 10.9. The molecule has 0 spiro atoms. The molecule has 0 radical (unpaired) electrons. The zero-order valence-electron chi connectivity index (χ0n) is 14.5. The molecule has 7 heteroatoms. The van der Waals surface area contributed by atoms with E-state index in [1.165, 1.54) is 11.8 Å². The van der Waals surface area contributed by atoms with Gasteiger partial charge in [-0.3, -0.25) is 4.79 Å². The van der Waals surface area contributed by atoms with Crippen LogP contribution in [0.1, 0.15) is 37.3 Å². The molecule has 0 aliphatic carbocycles. The van der Waals surface area contributed by atoms with Crippen LogP contribution in [0.15, 0.2) is 46.0 Å². The number of rotatable bonds is 7. The lowest BCUT2D eigenvalue weighted by molar-refractivity contribution is -0.123. The second-order valence-electron chi connectivity index (χ2n) is 5.79. The third kappa shape index (κ3) is 5.75. The summed E-state index contributed by atoms with van der Waals surface area (Å²) in [7, 11) is 0. The van der Waals surface area contributed by atoms with Gasteiger partial charge in [0.05, 0.1) is 11.2 Å². The molecule has 0 saturated heterocycles. The minimum atomic E-state index is -0.409. The summed E-state index contributed by atoms with van der Waals surface area (Å²) in [5, 5.41) is 13.8. The topological polar surface area (TPSA) is 70.9 Å². The average Bonchev–Trinajstić information content (AvgIpc) is 2.63. The van der Waals surface area contributed by atoms with Crippen molar-refractivity contribution in [2.24, 2.45) is 5.10 Å². The fraction of sp³-hybridized carbons (Fsp3) is 0.263. The number of carbonyl (C=O) groups is 1. The van der Waals surface area contributed by atoms with E-state index in [0.717, 1.165) is 6.42 Å². The van der Waals surface area contributed by atoms with Crippen LogP contribution in [0.4, 0.5) is 0 Å². The van der Waals surface area contributed by atoms with Gasteiger partial charge < -0.3 is 9.84 Å². The van der Waals surface area contributed by atoms with Crippen LogP contribution in [-0.4, -0.2) is 23.8 Å². The van der Waals surface area contributed by atoms with Gasteiger partial charge in [-0.15, -0.1) is 0 Å². The molecule has 2 N–H and O–H groups in total. The molecule has 26 heavy (non-hydrogen) atoms. The van der Waals surface area contributed by atoms with E-state index in [-0.39, 0.29) is 17.4 Å². The molecule has 2 rings (SSSR count). The number of phenolic OH excluding ortho intramolecular Hbond substituents is 1.